The largest absolute Gasteiger partial charge is 0.463 e. The molecule has 0 aliphatic carbocycles. The number of nitrogens with two attached hydrogens (primary N) is 1. The molecule has 0 radical (unpaired) electrons. The molecule has 7 nitrogen and oxygen atoms in total. The van der Waals surface area contributed by atoms with E-state index < -0.39 is 17.9 Å². The molecule has 24 heavy (non-hydrogen) atoms. The molecule has 0 bridgehead atoms. The van der Waals surface area contributed by atoms with Crippen LogP contribution in [0.25, 0.3) is 17.1 Å². The van der Waals surface area contributed by atoms with Crippen molar-refractivity contribution >= 4 is 11.8 Å². The van der Waals surface area contributed by atoms with E-state index in [0.29, 0.717) is 17.1 Å². The maximum Gasteiger partial charge on any atom is 0.270 e. The number of rotatable bonds is 5. The van der Waals surface area contributed by atoms with Crippen LogP contribution in [0.2, 0.25) is 0 Å². The smallest absolute Gasteiger partial charge is 0.270 e. The Hall–Kier alpha value is -3.35. The minimum atomic E-state index is -0.788. The third-order valence-corrected chi connectivity index (χ3v) is 3.49. The van der Waals surface area contributed by atoms with E-state index >= 15 is 0 Å². The number of carbonyl (C=O) groups excluding carboxylic acids is 2. The summed E-state index contributed by atoms with van der Waals surface area (Å²) in [6.45, 7) is 1.52. The molecular weight excluding hydrogens is 308 g/mol. The molecule has 122 valence electrons. The van der Waals surface area contributed by atoms with Gasteiger partial charge in [0.25, 0.3) is 5.91 Å². The second kappa shape index (κ2) is 6.41. The van der Waals surface area contributed by atoms with Crippen LogP contribution in [-0.2, 0) is 4.79 Å². The van der Waals surface area contributed by atoms with Gasteiger partial charge in [0.05, 0.1) is 12.0 Å². The van der Waals surface area contributed by atoms with Crippen molar-refractivity contribution in [1.29, 1.82) is 0 Å². The fourth-order valence-electron chi connectivity index (χ4n) is 2.20. The summed E-state index contributed by atoms with van der Waals surface area (Å²) in [5.74, 6) is -0.516. The Kier molecular flexibility index (Phi) is 4.15. The Morgan fingerprint density at radius 3 is 2.58 bits per heavy atom. The number of nitrogens with one attached hydrogen (secondary N) is 1. The van der Waals surface area contributed by atoms with Gasteiger partial charge in [-0.25, -0.2) is 4.68 Å². The molecule has 3 N–H and O–H groups in total. The molecule has 2 amide bonds. The fourth-order valence-corrected chi connectivity index (χ4v) is 2.20. The van der Waals surface area contributed by atoms with Gasteiger partial charge in [-0.3, -0.25) is 9.59 Å². The second-order valence-electron chi connectivity index (χ2n) is 5.24. The van der Waals surface area contributed by atoms with Crippen molar-refractivity contribution in [2.75, 3.05) is 0 Å². The van der Waals surface area contributed by atoms with Gasteiger partial charge in [-0.05, 0) is 31.2 Å². The van der Waals surface area contributed by atoms with Crippen LogP contribution in [0.3, 0.4) is 0 Å². The number of furan rings is 1. The predicted molar refractivity (Wildman–Crippen MR) is 87.4 cm³/mol. The summed E-state index contributed by atoms with van der Waals surface area (Å²) in [6.07, 6.45) is 1.53. The zero-order valence-corrected chi connectivity index (χ0v) is 13.0. The second-order valence-corrected chi connectivity index (χ2v) is 5.24. The number of para-hydroxylation sites is 1. The summed E-state index contributed by atoms with van der Waals surface area (Å²) >= 11 is 0. The summed E-state index contributed by atoms with van der Waals surface area (Å²) in [5.41, 5.74) is 6.71. The van der Waals surface area contributed by atoms with E-state index in [2.05, 4.69) is 10.4 Å². The van der Waals surface area contributed by atoms with E-state index in [1.165, 1.54) is 17.9 Å². The van der Waals surface area contributed by atoms with Crippen molar-refractivity contribution in [3.05, 3.63) is 60.5 Å². The van der Waals surface area contributed by atoms with E-state index in [4.69, 9.17) is 10.2 Å². The topological polar surface area (TPSA) is 103 Å². The van der Waals surface area contributed by atoms with E-state index in [0.717, 1.165) is 0 Å². The third-order valence-electron chi connectivity index (χ3n) is 3.49. The molecule has 1 atom stereocenters. The lowest BCUT2D eigenvalue weighted by molar-refractivity contribution is -0.119. The highest BCUT2D eigenvalue weighted by Gasteiger charge is 2.21. The average molecular weight is 324 g/mol. The monoisotopic (exact) mass is 324 g/mol. The van der Waals surface area contributed by atoms with E-state index in [9.17, 15) is 9.59 Å². The zero-order valence-electron chi connectivity index (χ0n) is 13.0. The van der Waals surface area contributed by atoms with Gasteiger partial charge in [-0.15, -0.1) is 0 Å². The van der Waals surface area contributed by atoms with Crippen LogP contribution >= 0.6 is 0 Å². The summed E-state index contributed by atoms with van der Waals surface area (Å²) in [7, 11) is 0. The van der Waals surface area contributed by atoms with Crippen LogP contribution < -0.4 is 11.1 Å². The number of nitrogens with zero attached hydrogens (tertiary/aromatic N) is 2. The highest BCUT2D eigenvalue weighted by molar-refractivity contribution is 5.97. The maximum absolute atomic E-state index is 12.5. The number of hydrogen-bond donors (Lipinski definition) is 2. The van der Waals surface area contributed by atoms with Crippen LogP contribution in [0.1, 0.15) is 17.4 Å². The van der Waals surface area contributed by atoms with Crippen LogP contribution in [0.5, 0.6) is 0 Å². The molecule has 0 saturated carbocycles. The number of primary amides is 1. The summed E-state index contributed by atoms with van der Waals surface area (Å²) < 4.78 is 6.84. The van der Waals surface area contributed by atoms with Gasteiger partial charge in [-0.2, -0.15) is 5.10 Å². The molecule has 2 aromatic heterocycles. The highest BCUT2D eigenvalue weighted by atomic mass is 16.3. The zero-order chi connectivity index (χ0) is 17.1. The lowest BCUT2D eigenvalue weighted by atomic mass is 10.2. The number of aromatic nitrogens is 2. The quantitative estimate of drug-likeness (QED) is 0.746. The maximum atomic E-state index is 12.5. The summed E-state index contributed by atoms with van der Waals surface area (Å²) in [5, 5.41) is 7.00. The Bertz CT molecular complexity index is 853. The fraction of sp³-hybridized carbons (Fsp3) is 0.118. The molecular formula is C17H16N4O3. The van der Waals surface area contributed by atoms with Gasteiger partial charge in [-0.1, -0.05) is 18.2 Å². The molecule has 0 aliphatic heterocycles. The van der Waals surface area contributed by atoms with Gasteiger partial charge in [0, 0.05) is 6.07 Å². The van der Waals surface area contributed by atoms with Crippen LogP contribution in [-0.4, -0.2) is 27.6 Å². The van der Waals surface area contributed by atoms with Gasteiger partial charge in [0.15, 0.2) is 5.76 Å². The highest BCUT2D eigenvalue weighted by Crippen LogP contribution is 2.22. The first-order valence-corrected chi connectivity index (χ1v) is 7.36. The van der Waals surface area contributed by atoms with Crippen molar-refractivity contribution in [3.8, 4) is 17.1 Å². The molecule has 0 aliphatic rings. The SMILES string of the molecule is C[C@@H](NC(=O)c1cc(-c2ccco2)nn1-c1ccccc1)C(N)=O. The van der Waals surface area contributed by atoms with Gasteiger partial charge < -0.3 is 15.5 Å². The minimum absolute atomic E-state index is 0.278. The van der Waals surface area contributed by atoms with E-state index in [1.54, 1.807) is 18.2 Å². The van der Waals surface area contributed by atoms with Crippen molar-refractivity contribution in [3.63, 3.8) is 0 Å². The van der Waals surface area contributed by atoms with Gasteiger partial charge in [0.1, 0.15) is 17.4 Å². The number of benzene rings is 1. The van der Waals surface area contributed by atoms with Crippen molar-refractivity contribution in [2.24, 2.45) is 5.73 Å². The van der Waals surface area contributed by atoms with Crippen LogP contribution in [0.4, 0.5) is 0 Å². The van der Waals surface area contributed by atoms with Gasteiger partial charge in [0.2, 0.25) is 5.91 Å². The Balaban J connectivity index is 2.03. The molecule has 0 fully saturated rings. The average Bonchev–Trinajstić information content (AvgIpc) is 3.24. The first-order chi connectivity index (χ1) is 11.6. The molecule has 3 rings (SSSR count). The molecule has 0 unspecified atom stereocenters. The molecule has 0 saturated heterocycles. The first-order valence-electron chi connectivity index (χ1n) is 7.36. The lowest BCUT2D eigenvalue weighted by Crippen LogP contribution is -2.42. The van der Waals surface area contributed by atoms with E-state index in [1.807, 2.05) is 30.3 Å². The van der Waals surface area contributed by atoms with Crippen LogP contribution in [0, 0.1) is 0 Å². The predicted octanol–water partition coefficient (Wildman–Crippen LogP) is 1.74. The van der Waals surface area contributed by atoms with Gasteiger partial charge >= 0.3 is 0 Å². The van der Waals surface area contributed by atoms with E-state index in [-0.39, 0.29) is 5.69 Å². The normalized spacial score (nSPS) is 11.9. The first kappa shape index (κ1) is 15.5. The molecule has 7 heteroatoms. The summed E-state index contributed by atoms with van der Waals surface area (Å²) in [6, 6.07) is 13.5. The summed E-state index contributed by atoms with van der Waals surface area (Å²) in [4.78, 5) is 23.7. The lowest BCUT2D eigenvalue weighted by Gasteiger charge is -2.11. The molecule has 1 aromatic carbocycles. The molecule has 3 aromatic rings. The van der Waals surface area contributed by atoms with Crippen molar-refractivity contribution < 1.29 is 14.0 Å². The Morgan fingerprint density at radius 2 is 1.96 bits per heavy atom. The van der Waals surface area contributed by atoms with Crippen LogP contribution in [0.15, 0.2) is 59.2 Å². The standard InChI is InChI=1S/C17H16N4O3/c1-11(16(18)22)19-17(23)14-10-13(15-8-5-9-24-15)20-21(14)12-6-3-2-4-7-12/h2-11H,1H3,(H2,18,22)(H,19,23)/t11-/m1/s1. The van der Waals surface area contributed by atoms with Crippen molar-refractivity contribution in [1.82, 2.24) is 15.1 Å². The third kappa shape index (κ3) is 3.05. The minimum Gasteiger partial charge on any atom is -0.463 e. The molecule has 2 heterocycles. The molecule has 0 spiro atoms. The Morgan fingerprint density at radius 1 is 1.21 bits per heavy atom. The number of carbonyl (C=O) groups is 2. The number of amides is 2. The van der Waals surface area contributed by atoms with Crippen molar-refractivity contribution in [2.45, 2.75) is 13.0 Å². The number of hydrogen-bond acceptors (Lipinski definition) is 4. The Labute approximate surface area is 138 Å².